The smallest absolute Gasteiger partial charge is 0.306 e. The summed E-state index contributed by atoms with van der Waals surface area (Å²) >= 11 is 5.41. The van der Waals surface area contributed by atoms with Crippen LogP contribution in [0.15, 0.2) is 12.1 Å². The number of aliphatic hydroxyl groups is 1. The van der Waals surface area contributed by atoms with E-state index in [0.29, 0.717) is 0 Å². The van der Waals surface area contributed by atoms with Crippen molar-refractivity contribution in [2.24, 2.45) is 0 Å². The van der Waals surface area contributed by atoms with Gasteiger partial charge in [-0.3, -0.25) is 4.79 Å². The Morgan fingerprint density at radius 3 is 2.47 bits per heavy atom. The Bertz CT molecular complexity index is 395. The SMILES string of the molecule is O=C(O)CC(O)c1c(F)ccc(F)c1Cl. The van der Waals surface area contributed by atoms with Gasteiger partial charge in [0, 0.05) is 5.56 Å². The van der Waals surface area contributed by atoms with Crippen LogP contribution < -0.4 is 0 Å². The average molecular weight is 237 g/mol. The van der Waals surface area contributed by atoms with E-state index in [1.54, 1.807) is 0 Å². The minimum atomic E-state index is -1.66. The van der Waals surface area contributed by atoms with Gasteiger partial charge in [0.05, 0.1) is 17.5 Å². The normalized spacial score (nSPS) is 12.5. The number of carbonyl (C=O) groups is 1. The minimum absolute atomic E-state index is 0.529. The zero-order chi connectivity index (χ0) is 11.6. The molecule has 1 aromatic carbocycles. The molecule has 15 heavy (non-hydrogen) atoms. The van der Waals surface area contributed by atoms with Crippen molar-refractivity contribution in [3.05, 3.63) is 34.4 Å². The molecular formula is C9H7ClF2O3. The molecular weight excluding hydrogens is 230 g/mol. The van der Waals surface area contributed by atoms with E-state index in [4.69, 9.17) is 16.7 Å². The highest BCUT2D eigenvalue weighted by atomic mass is 35.5. The maximum Gasteiger partial charge on any atom is 0.306 e. The Labute approximate surface area is 88.9 Å². The van der Waals surface area contributed by atoms with Crippen LogP contribution in [0.25, 0.3) is 0 Å². The van der Waals surface area contributed by atoms with Gasteiger partial charge in [0.2, 0.25) is 0 Å². The Morgan fingerprint density at radius 1 is 1.40 bits per heavy atom. The Balaban J connectivity index is 3.12. The molecule has 82 valence electrons. The molecule has 0 aromatic heterocycles. The number of carboxylic acid groups (broad SMARTS) is 1. The lowest BCUT2D eigenvalue weighted by atomic mass is 10.1. The predicted molar refractivity (Wildman–Crippen MR) is 48.6 cm³/mol. The van der Waals surface area contributed by atoms with Gasteiger partial charge in [0.1, 0.15) is 11.6 Å². The molecule has 1 rings (SSSR count). The molecule has 0 radical (unpaired) electrons. The Hall–Kier alpha value is -1.20. The second-order valence-corrected chi connectivity index (χ2v) is 3.25. The van der Waals surface area contributed by atoms with Crippen LogP contribution in [0.1, 0.15) is 18.1 Å². The second kappa shape index (κ2) is 4.55. The summed E-state index contributed by atoms with van der Waals surface area (Å²) in [5, 5.41) is 17.1. The van der Waals surface area contributed by atoms with E-state index < -0.39 is 40.7 Å². The summed E-state index contributed by atoms with van der Waals surface area (Å²) in [6, 6.07) is 1.58. The first-order valence-electron chi connectivity index (χ1n) is 3.96. The van der Waals surface area contributed by atoms with E-state index in [9.17, 15) is 18.7 Å². The maximum atomic E-state index is 13.1. The number of carboxylic acids is 1. The van der Waals surface area contributed by atoms with Crippen LogP contribution in [0.2, 0.25) is 5.02 Å². The van der Waals surface area contributed by atoms with Crippen molar-refractivity contribution in [1.29, 1.82) is 0 Å². The van der Waals surface area contributed by atoms with Crippen LogP contribution in [0, 0.1) is 11.6 Å². The number of hydrogen-bond donors (Lipinski definition) is 2. The van der Waals surface area contributed by atoms with Gasteiger partial charge in [-0.1, -0.05) is 11.6 Å². The summed E-state index contributed by atoms with van der Waals surface area (Å²) in [5.41, 5.74) is -0.529. The minimum Gasteiger partial charge on any atom is -0.481 e. The Morgan fingerprint density at radius 2 is 1.93 bits per heavy atom. The lowest BCUT2D eigenvalue weighted by Crippen LogP contribution is -2.08. The van der Waals surface area contributed by atoms with Gasteiger partial charge in [-0.2, -0.15) is 0 Å². The number of aliphatic hydroxyl groups excluding tert-OH is 1. The van der Waals surface area contributed by atoms with Crippen molar-refractivity contribution in [2.75, 3.05) is 0 Å². The lowest BCUT2D eigenvalue weighted by molar-refractivity contribution is -0.139. The predicted octanol–water partition coefficient (Wildman–Crippen LogP) is 2.13. The van der Waals surface area contributed by atoms with Crippen LogP contribution >= 0.6 is 11.6 Å². The highest BCUT2D eigenvalue weighted by Gasteiger charge is 2.21. The third-order valence-electron chi connectivity index (χ3n) is 1.78. The van der Waals surface area contributed by atoms with Crippen LogP contribution in [0.4, 0.5) is 8.78 Å². The summed E-state index contributed by atoms with van der Waals surface area (Å²) < 4.78 is 26.0. The van der Waals surface area contributed by atoms with Gasteiger partial charge in [0.25, 0.3) is 0 Å². The molecule has 1 unspecified atom stereocenters. The first-order valence-corrected chi connectivity index (χ1v) is 4.34. The molecule has 3 nitrogen and oxygen atoms in total. The van der Waals surface area contributed by atoms with E-state index in [1.807, 2.05) is 0 Å². The third kappa shape index (κ3) is 2.64. The molecule has 0 fully saturated rings. The van der Waals surface area contributed by atoms with Crippen molar-refractivity contribution in [3.8, 4) is 0 Å². The number of rotatable bonds is 3. The van der Waals surface area contributed by atoms with Crippen molar-refractivity contribution in [2.45, 2.75) is 12.5 Å². The van der Waals surface area contributed by atoms with Gasteiger partial charge in [-0.15, -0.1) is 0 Å². The molecule has 0 amide bonds. The third-order valence-corrected chi connectivity index (χ3v) is 2.16. The van der Waals surface area contributed by atoms with Gasteiger partial charge in [0.15, 0.2) is 0 Å². The second-order valence-electron chi connectivity index (χ2n) is 2.87. The molecule has 0 heterocycles. The van der Waals surface area contributed by atoms with Crippen LogP contribution in [0.3, 0.4) is 0 Å². The molecule has 0 bridgehead atoms. The van der Waals surface area contributed by atoms with E-state index in [1.165, 1.54) is 0 Å². The van der Waals surface area contributed by atoms with Gasteiger partial charge < -0.3 is 10.2 Å². The summed E-state index contributed by atoms with van der Waals surface area (Å²) in [6.07, 6.45) is -2.40. The van der Waals surface area contributed by atoms with Crippen molar-refractivity contribution >= 4 is 17.6 Å². The van der Waals surface area contributed by atoms with E-state index in [2.05, 4.69) is 0 Å². The quantitative estimate of drug-likeness (QED) is 0.791. The summed E-state index contributed by atoms with van der Waals surface area (Å²) in [5.74, 6) is -3.17. The molecule has 1 aromatic rings. The van der Waals surface area contributed by atoms with Crippen molar-refractivity contribution in [3.63, 3.8) is 0 Å². The fraction of sp³-hybridized carbons (Fsp3) is 0.222. The maximum absolute atomic E-state index is 13.1. The molecule has 0 saturated heterocycles. The Kier molecular flexibility index (Phi) is 3.60. The molecule has 2 N–H and O–H groups in total. The first kappa shape index (κ1) is 11.9. The largest absolute Gasteiger partial charge is 0.481 e. The topological polar surface area (TPSA) is 57.5 Å². The molecule has 1 atom stereocenters. The average Bonchev–Trinajstić information content (AvgIpc) is 2.11. The van der Waals surface area contributed by atoms with Crippen LogP contribution in [-0.4, -0.2) is 16.2 Å². The van der Waals surface area contributed by atoms with Crippen LogP contribution in [-0.2, 0) is 4.79 Å². The molecule has 0 aliphatic rings. The molecule has 0 aliphatic heterocycles. The van der Waals surface area contributed by atoms with Crippen LogP contribution in [0.5, 0.6) is 0 Å². The highest BCUT2D eigenvalue weighted by molar-refractivity contribution is 6.31. The number of aliphatic carboxylic acids is 1. The number of benzene rings is 1. The summed E-state index contributed by atoms with van der Waals surface area (Å²) in [6.45, 7) is 0. The summed E-state index contributed by atoms with van der Waals surface area (Å²) in [4.78, 5) is 10.3. The lowest BCUT2D eigenvalue weighted by Gasteiger charge is -2.11. The molecule has 0 saturated carbocycles. The number of halogens is 3. The van der Waals surface area contributed by atoms with Gasteiger partial charge in [-0.05, 0) is 12.1 Å². The first-order chi connectivity index (χ1) is 6.93. The zero-order valence-electron chi connectivity index (χ0n) is 7.38. The molecule has 0 aliphatic carbocycles. The standard InChI is InChI=1S/C9H7ClF2O3/c10-9-5(12)2-1-4(11)8(9)6(13)3-7(14)15/h1-2,6,13H,3H2,(H,14,15). The van der Waals surface area contributed by atoms with E-state index in [0.717, 1.165) is 12.1 Å². The van der Waals surface area contributed by atoms with Gasteiger partial charge in [-0.25, -0.2) is 8.78 Å². The van der Waals surface area contributed by atoms with E-state index >= 15 is 0 Å². The van der Waals surface area contributed by atoms with E-state index in [-0.39, 0.29) is 0 Å². The van der Waals surface area contributed by atoms with Crippen molar-refractivity contribution in [1.82, 2.24) is 0 Å². The van der Waals surface area contributed by atoms with Crippen molar-refractivity contribution < 1.29 is 23.8 Å². The fourth-order valence-corrected chi connectivity index (χ4v) is 1.39. The number of hydrogen-bond acceptors (Lipinski definition) is 2. The molecule has 6 heteroatoms. The fourth-order valence-electron chi connectivity index (χ4n) is 1.12. The van der Waals surface area contributed by atoms with Gasteiger partial charge >= 0.3 is 5.97 Å². The zero-order valence-corrected chi connectivity index (χ0v) is 8.13. The monoisotopic (exact) mass is 236 g/mol. The molecule has 0 spiro atoms. The summed E-state index contributed by atoms with van der Waals surface area (Å²) in [7, 11) is 0. The highest BCUT2D eigenvalue weighted by Crippen LogP contribution is 2.29.